The summed E-state index contributed by atoms with van der Waals surface area (Å²) in [6.07, 6.45) is 0. The third-order valence-corrected chi connectivity index (χ3v) is 3.42. The Morgan fingerprint density at radius 2 is 1.95 bits per heavy atom. The molecule has 0 aliphatic rings. The summed E-state index contributed by atoms with van der Waals surface area (Å²) < 4.78 is 24.4. The average molecular weight is 297 g/mol. The zero-order valence-corrected chi connectivity index (χ0v) is 11.7. The van der Waals surface area contributed by atoms with Gasteiger partial charge in [-0.3, -0.25) is 9.89 Å². The Balaban J connectivity index is 2.09. The molecule has 0 saturated heterocycles. The molecule has 0 atom stereocenters. The number of aryl methyl sites for hydroxylation is 2. The topological polar surface area (TPSA) is 57.8 Å². The molecule has 1 aromatic carbocycles. The fourth-order valence-electron chi connectivity index (χ4n) is 1.80. The first kappa shape index (κ1) is 14.5. The number of hydrogen-bond acceptors (Lipinski definition) is 3. The minimum absolute atomic E-state index is 0.275. The highest BCUT2D eigenvalue weighted by molar-refractivity contribution is 7.99. The summed E-state index contributed by atoms with van der Waals surface area (Å²) in [7, 11) is 0. The van der Waals surface area contributed by atoms with Crippen molar-refractivity contribution < 1.29 is 13.6 Å². The molecule has 0 radical (unpaired) electrons. The number of benzene rings is 1. The van der Waals surface area contributed by atoms with Crippen LogP contribution in [-0.4, -0.2) is 21.9 Å². The maximum absolute atomic E-state index is 12.2. The molecule has 7 heteroatoms. The molecule has 2 rings (SSSR count). The molecule has 4 nitrogen and oxygen atoms in total. The largest absolute Gasteiger partial charge is 0.322 e. The predicted molar refractivity (Wildman–Crippen MR) is 74.3 cm³/mol. The van der Waals surface area contributed by atoms with E-state index in [9.17, 15) is 13.6 Å². The Kier molecular flexibility index (Phi) is 4.39. The van der Waals surface area contributed by atoms with Gasteiger partial charge in [0.15, 0.2) is 0 Å². The quantitative estimate of drug-likeness (QED) is 0.848. The van der Waals surface area contributed by atoms with Gasteiger partial charge in [-0.25, -0.2) is 0 Å². The smallest absolute Gasteiger partial charge is 0.288 e. The number of aromatic amines is 1. The van der Waals surface area contributed by atoms with Crippen molar-refractivity contribution in [2.75, 3.05) is 5.32 Å². The Hall–Kier alpha value is -1.89. The number of nitrogens with one attached hydrogen (secondary N) is 2. The van der Waals surface area contributed by atoms with Gasteiger partial charge in [-0.15, -0.1) is 0 Å². The average Bonchev–Trinajstić information content (AvgIpc) is 2.71. The van der Waals surface area contributed by atoms with Crippen LogP contribution in [0.2, 0.25) is 0 Å². The lowest BCUT2D eigenvalue weighted by Crippen LogP contribution is -2.13. The fourth-order valence-corrected chi connectivity index (χ4v) is 2.30. The monoisotopic (exact) mass is 297 g/mol. The first-order valence-corrected chi connectivity index (χ1v) is 6.73. The lowest BCUT2D eigenvalue weighted by molar-refractivity contribution is 0.102. The second-order valence-corrected chi connectivity index (χ2v) is 5.23. The molecular weight excluding hydrogens is 284 g/mol. The van der Waals surface area contributed by atoms with Gasteiger partial charge in [-0.1, -0.05) is 11.8 Å². The van der Waals surface area contributed by atoms with Gasteiger partial charge in [0.2, 0.25) is 0 Å². The van der Waals surface area contributed by atoms with Crippen LogP contribution < -0.4 is 5.32 Å². The molecule has 0 saturated carbocycles. The lowest BCUT2D eigenvalue weighted by Gasteiger charge is -2.06. The van der Waals surface area contributed by atoms with E-state index < -0.39 is 5.76 Å². The molecule has 0 fully saturated rings. The number of halogens is 2. The van der Waals surface area contributed by atoms with Gasteiger partial charge in [0.05, 0.1) is 11.3 Å². The van der Waals surface area contributed by atoms with Crippen molar-refractivity contribution in [2.24, 2.45) is 0 Å². The number of hydrogen-bond donors (Lipinski definition) is 2. The summed E-state index contributed by atoms with van der Waals surface area (Å²) in [5.74, 6) is -2.73. The predicted octanol–water partition coefficient (Wildman–Crippen LogP) is 3.59. The van der Waals surface area contributed by atoms with Gasteiger partial charge in [0.1, 0.15) is 0 Å². The van der Waals surface area contributed by atoms with E-state index in [1.165, 1.54) is 0 Å². The summed E-state index contributed by atoms with van der Waals surface area (Å²) in [5, 5.41) is 9.40. The Labute approximate surface area is 119 Å². The van der Waals surface area contributed by atoms with Crippen LogP contribution >= 0.6 is 11.8 Å². The van der Waals surface area contributed by atoms with Gasteiger partial charge in [-0.05, 0) is 38.1 Å². The van der Waals surface area contributed by atoms with Crippen LogP contribution in [0.25, 0.3) is 0 Å². The molecule has 1 heterocycles. The van der Waals surface area contributed by atoms with Crippen LogP contribution in [0.1, 0.15) is 21.7 Å². The standard InChI is InChI=1S/C13H13F2N3OS/c1-7-11(8(2)18-17-7)12(19)16-9-3-5-10(6-4-9)20-13(14)15/h3-6,13H,1-2H3,(H,16,19)(H,17,18). The van der Waals surface area contributed by atoms with E-state index >= 15 is 0 Å². The molecule has 106 valence electrons. The Morgan fingerprint density at radius 1 is 1.30 bits per heavy atom. The van der Waals surface area contributed by atoms with Crippen molar-refractivity contribution in [3.05, 3.63) is 41.2 Å². The molecule has 0 unspecified atom stereocenters. The zero-order valence-electron chi connectivity index (χ0n) is 10.9. The van der Waals surface area contributed by atoms with Crippen LogP contribution in [0, 0.1) is 13.8 Å². The number of H-pyrrole nitrogens is 1. The summed E-state index contributed by atoms with van der Waals surface area (Å²) >= 11 is 0.468. The molecule has 0 aliphatic heterocycles. The first-order chi connectivity index (χ1) is 9.47. The summed E-state index contributed by atoms with van der Waals surface area (Å²) in [6.45, 7) is 3.50. The molecule has 1 amide bonds. The van der Waals surface area contributed by atoms with E-state index in [0.717, 1.165) is 0 Å². The summed E-state index contributed by atoms with van der Waals surface area (Å²) in [6, 6.07) is 6.27. The van der Waals surface area contributed by atoms with Crippen LogP contribution in [0.15, 0.2) is 29.2 Å². The Bertz CT molecular complexity index is 591. The van der Waals surface area contributed by atoms with Crippen LogP contribution in [0.3, 0.4) is 0 Å². The van der Waals surface area contributed by atoms with Crippen LogP contribution in [-0.2, 0) is 0 Å². The number of nitrogens with zero attached hydrogens (tertiary/aromatic N) is 1. The maximum Gasteiger partial charge on any atom is 0.288 e. The van der Waals surface area contributed by atoms with Gasteiger partial charge in [0, 0.05) is 16.3 Å². The molecule has 20 heavy (non-hydrogen) atoms. The second kappa shape index (κ2) is 6.04. The molecule has 0 aliphatic carbocycles. The zero-order chi connectivity index (χ0) is 14.7. The molecule has 1 aromatic heterocycles. The minimum Gasteiger partial charge on any atom is -0.322 e. The first-order valence-electron chi connectivity index (χ1n) is 5.85. The third-order valence-electron chi connectivity index (χ3n) is 2.69. The van der Waals surface area contributed by atoms with Gasteiger partial charge in [0.25, 0.3) is 11.7 Å². The van der Waals surface area contributed by atoms with E-state index in [1.807, 2.05) is 0 Å². The third kappa shape index (κ3) is 3.36. The number of amides is 1. The second-order valence-electron chi connectivity index (χ2n) is 4.17. The summed E-state index contributed by atoms with van der Waals surface area (Å²) in [5.41, 5.74) is 2.35. The van der Waals surface area contributed by atoms with Crippen molar-refractivity contribution in [3.8, 4) is 0 Å². The van der Waals surface area contributed by atoms with E-state index in [0.29, 0.717) is 39.3 Å². The maximum atomic E-state index is 12.2. The number of anilines is 1. The van der Waals surface area contributed by atoms with E-state index in [2.05, 4.69) is 15.5 Å². The van der Waals surface area contributed by atoms with E-state index in [1.54, 1.807) is 38.1 Å². The highest BCUT2D eigenvalue weighted by Crippen LogP contribution is 2.26. The highest BCUT2D eigenvalue weighted by atomic mass is 32.2. The number of carbonyl (C=O) groups is 1. The molecule has 0 spiro atoms. The number of thioether (sulfide) groups is 1. The van der Waals surface area contributed by atoms with Crippen LogP contribution in [0.4, 0.5) is 14.5 Å². The van der Waals surface area contributed by atoms with Crippen molar-refractivity contribution >= 4 is 23.4 Å². The van der Waals surface area contributed by atoms with Crippen molar-refractivity contribution in [2.45, 2.75) is 24.5 Å². The number of aromatic nitrogens is 2. The normalized spacial score (nSPS) is 10.8. The molecule has 2 N–H and O–H groups in total. The molecule has 0 bridgehead atoms. The Morgan fingerprint density at radius 3 is 2.45 bits per heavy atom. The van der Waals surface area contributed by atoms with Gasteiger partial charge in [-0.2, -0.15) is 13.9 Å². The summed E-state index contributed by atoms with van der Waals surface area (Å²) in [4.78, 5) is 12.5. The number of rotatable bonds is 4. The van der Waals surface area contributed by atoms with Crippen molar-refractivity contribution in [3.63, 3.8) is 0 Å². The lowest BCUT2D eigenvalue weighted by atomic mass is 10.2. The van der Waals surface area contributed by atoms with Crippen molar-refractivity contribution in [1.29, 1.82) is 0 Å². The number of carbonyl (C=O) groups excluding carboxylic acids is 1. The van der Waals surface area contributed by atoms with Gasteiger partial charge >= 0.3 is 0 Å². The van der Waals surface area contributed by atoms with E-state index in [-0.39, 0.29) is 5.91 Å². The minimum atomic E-state index is -2.45. The SMILES string of the molecule is Cc1n[nH]c(C)c1C(=O)Nc1ccc(SC(F)F)cc1. The fraction of sp³-hybridized carbons (Fsp3) is 0.231. The molecule has 2 aromatic rings. The van der Waals surface area contributed by atoms with Crippen LogP contribution in [0.5, 0.6) is 0 Å². The molecular formula is C13H13F2N3OS. The number of alkyl halides is 2. The van der Waals surface area contributed by atoms with Crippen molar-refractivity contribution in [1.82, 2.24) is 10.2 Å². The van der Waals surface area contributed by atoms with E-state index in [4.69, 9.17) is 0 Å². The van der Waals surface area contributed by atoms with Gasteiger partial charge < -0.3 is 5.32 Å². The highest BCUT2D eigenvalue weighted by Gasteiger charge is 2.15.